The molecular weight excluding hydrogens is 2190 g/mol. The van der Waals surface area contributed by atoms with Crippen LogP contribution < -0.4 is 0 Å². The van der Waals surface area contributed by atoms with Gasteiger partial charge in [0, 0.05) is 145 Å². The van der Waals surface area contributed by atoms with E-state index < -0.39 is 0 Å². The number of aliphatic hydroxyl groups excluding tert-OH is 3. The van der Waals surface area contributed by atoms with Crippen LogP contribution in [0.25, 0.3) is 162 Å². The molecular formula is C107H103Ir3N6O9S3-3. The maximum absolute atomic E-state index is 10.0. The zero-order valence-corrected chi connectivity index (χ0v) is 85.5. The second kappa shape index (κ2) is 41.2. The Morgan fingerprint density at radius 3 is 0.977 bits per heavy atom. The summed E-state index contributed by atoms with van der Waals surface area (Å²) < 4.78 is 22.1. The topological polar surface area (TPSA) is 229 Å². The van der Waals surface area contributed by atoms with Gasteiger partial charge in [-0.05, 0) is 248 Å². The van der Waals surface area contributed by atoms with Crippen molar-refractivity contribution in [3.63, 3.8) is 0 Å². The van der Waals surface area contributed by atoms with E-state index in [1.54, 1.807) is 34.0 Å². The molecule has 0 atom stereocenters. The second-order valence-corrected chi connectivity index (χ2v) is 38.4. The number of carbonyl (C=O) groups is 3. The van der Waals surface area contributed by atoms with Gasteiger partial charge in [0.2, 0.25) is 17.1 Å². The first-order valence-electron chi connectivity index (χ1n) is 41.4. The average molecular weight is 2290 g/mol. The molecule has 0 bridgehead atoms. The summed E-state index contributed by atoms with van der Waals surface area (Å²) in [6.07, 6.45) is 9.42. The van der Waals surface area contributed by atoms with E-state index in [1.807, 2.05) is 94.0 Å². The Kier molecular flexibility index (Phi) is 32.0. The molecule has 3 radical (unpaired) electrons. The number of benzene rings is 6. The van der Waals surface area contributed by atoms with Crippen molar-refractivity contribution >= 4 is 148 Å². The largest absolute Gasteiger partial charge is 0.512 e. The Labute approximate surface area is 800 Å². The van der Waals surface area contributed by atoms with Crippen LogP contribution in [0, 0.1) is 52.8 Å². The molecule has 0 saturated carbocycles. The Morgan fingerprint density at radius 1 is 0.375 bits per heavy atom. The second-order valence-electron chi connectivity index (χ2n) is 35.2. The summed E-state index contributed by atoms with van der Waals surface area (Å²) in [4.78, 5) is 62.0. The molecule has 0 spiro atoms. The third kappa shape index (κ3) is 23.4. The van der Waals surface area contributed by atoms with Crippen molar-refractivity contribution in [3.05, 3.63) is 287 Å². The number of aromatic nitrogens is 6. The molecule has 15 nitrogen and oxygen atoms in total. The molecule has 12 aromatic heterocycles. The predicted octanol–water partition coefficient (Wildman–Crippen LogP) is 29.8. The van der Waals surface area contributed by atoms with Crippen molar-refractivity contribution in [1.29, 1.82) is 0 Å². The van der Waals surface area contributed by atoms with Crippen LogP contribution in [-0.4, -0.2) is 62.6 Å². The molecule has 3 N–H and O–H groups in total. The SMILES string of the molecule is CC(=O)C=C(C)O.CC(=O)C=C(C)O.CC(=O)C=C(C)O.Cc1ccc2c(n1)oc1c(-c3cc4cc(-c5c(C)cc(C(C)(C)C)cc5C)sc4cn3)[c-]ccc12.Cc1ccc2c(n1)oc1c(-c3cc4cc(-c5cc(C(C)(C)C)cc(C(C)(C)C)c5)sc4cn3)[c-]ccc12.Cc1ccc2c(n1)oc1c(-c3cc4cc(-c5ccc(C(C)C)cc5)sc4cn3)[c-]ccc12.[Ir].[Ir].[Ir]. The van der Waals surface area contributed by atoms with E-state index in [4.69, 9.17) is 43.5 Å². The van der Waals surface area contributed by atoms with E-state index >= 15 is 0 Å². The minimum atomic E-state index is -0.125. The van der Waals surface area contributed by atoms with E-state index in [1.165, 1.54) is 155 Å². The minimum Gasteiger partial charge on any atom is -0.512 e. The first-order valence-corrected chi connectivity index (χ1v) is 43.9. The number of furan rings is 3. The molecule has 0 amide bonds. The van der Waals surface area contributed by atoms with Crippen LogP contribution in [0.15, 0.2) is 231 Å². The van der Waals surface area contributed by atoms with Crippen molar-refractivity contribution in [1.82, 2.24) is 29.9 Å². The molecule has 18 aromatic rings. The summed E-state index contributed by atoms with van der Waals surface area (Å²) in [5.41, 5.74) is 24.5. The van der Waals surface area contributed by atoms with Gasteiger partial charge in [-0.15, -0.1) is 88.6 Å². The van der Waals surface area contributed by atoms with Crippen LogP contribution >= 0.6 is 34.0 Å². The summed E-state index contributed by atoms with van der Waals surface area (Å²) in [6.45, 7) is 43.9. The van der Waals surface area contributed by atoms with Gasteiger partial charge in [0.15, 0.2) is 17.3 Å². The summed E-state index contributed by atoms with van der Waals surface area (Å²) in [5.74, 6) is 0.349. The maximum atomic E-state index is 10.0. The van der Waals surface area contributed by atoms with Crippen molar-refractivity contribution in [2.24, 2.45) is 0 Å². The quantitative estimate of drug-likeness (QED) is 0.0657. The van der Waals surface area contributed by atoms with Gasteiger partial charge < -0.3 is 43.5 Å². The number of pyridine rings is 6. The number of fused-ring (bicyclic) bond motifs is 12. The summed E-state index contributed by atoms with van der Waals surface area (Å²) in [7, 11) is 0. The molecule has 0 fully saturated rings. The van der Waals surface area contributed by atoms with Gasteiger partial charge in [-0.3, -0.25) is 14.4 Å². The Balaban J connectivity index is 0.000000178. The van der Waals surface area contributed by atoms with Crippen molar-refractivity contribution in [3.8, 4) is 65.1 Å². The molecule has 128 heavy (non-hydrogen) atoms. The van der Waals surface area contributed by atoms with Crippen molar-refractivity contribution < 1.29 is 103 Å². The van der Waals surface area contributed by atoms with Crippen molar-refractivity contribution in [2.75, 3.05) is 0 Å². The number of hydrogen-bond donors (Lipinski definition) is 3. The summed E-state index contributed by atoms with van der Waals surface area (Å²) in [6, 6.07) is 68.2. The normalized spacial score (nSPS) is 11.9. The fraction of sp³-hybridized carbons (Fsp3) is 0.243. The molecule has 0 aliphatic carbocycles. The van der Waals surface area contributed by atoms with Crippen LogP contribution in [0.4, 0.5) is 0 Å². The van der Waals surface area contributed by atoms with Crippen LogP contribution in [0.2, 0.25) is 0 Å². The van der Waals surface area contributed by atoms with E-state index in [-0.39, 0.29) is 111 Å². The number of allylic oxidation sites excluding steroid dienone is 6. The number of ketones is 3. The molecule has 12 heterocycles. The first kappa shape index (κ1) is 99.2. The Hall–Kier alpha value is -10.9. The van der Waals surface area contributed by atoms with Gasteiger partial charge in [-0.2, -0.15) is 0 Å². The number of rotatable bonds is 10. The van der Waals surface area contributed by atoms with E-state index in [9.17, 15) is 14.4 Å². The molecule has 0 unspecified atom stereocenters. The van der Waals surface area contributed by atoms with Gasteiger partial charge in [0.1, 0.15) is 0 Å². The molecule has 0 aliphatic heterocycles. The van der Waals surface area contributed by atoms with Crippen LogP contribution in [0.3, 0.4) is 0 Å². The standard InChI is InChI=1S/C33H31N2OS.C31H27N2OS.C28H21N2OS.3C5H8O2.3Ir/c1-19-11-12-25-24-9-8-10-26(30(24)36-31(25)35-19)27-15-21-16-28(37-29(21)18-34-27)20-13-22(32(2,3)4)17-23(14-20)33(5,6)7;1-17-12-21(31(4,5)6)13-18(2)28(17)26-15-20-14-25(32-16-27(20)35-26)24-9-7-8-22-23-11-10-19(3)33-30(23)34-29(22)24;1-16(2)18-8-10-19(11-9-18)25-14-20-13-24(29-15-26(20)32-25)23-6-4-5-21-22-12-7-17(3)30-28(22)31-27(21)23;3*1-4(6)3-5(2)7;;;/h8-9,11-18H,1-7H3;7-8,10-16H,1-6H3;4-5,7-16H,1-3H3;3*3,6H,1-2H3;;;/q3*-1;;;;;;. The Morgan fingerprint density at radius 2 is 0.680 bits per heavy atom. The smallest absolute Gasteiger partial charge is 0.216 e. The number of hydrogen-bond acceptors (Lipinski definition) is 18. The molecule has 0 saturated heterocycles. The zero-order chi connectivity index (χ0) is 90.0. The molecule has 21 heteroatoms. The molecule has 663 valence electrons. The molecule has 0 aliphatic rings. The van der Waals surface area contributed by atoms with Gasteiger partial charge in [0.25, 0.3) is 0 Å². The monoisotopic (exact) mass is 2290 g/mol. The number of carbonyl (C=O) groups excluding carboxylic acids is 3. The Bertz CT molecular complexity index is 7150. The maximum Gasteiger partial charge on any atom is 0.216 e. The van der Waals surface area contributed by atoms with Crippen LogP contribution in [-0.2, 0) is 90.9 Å². The number of thiophene rings is 3. The van der Waals surface area contributed by atoms with Crippen molar-refractivity contribution in [2.45, 2.75) is 174 Å². The van der Waals surface area contributed by atoms with Gasteiger partial charge >= 0.3 is 0 Å². The number of nitrogens with zero attached hydrogens (tertiary/aromatic N) is 6. The summed E-state index contributed by atoms with van der Waals surface area (Å²) in [5, 5.41) is 34.8. The van der Waals surface area contributed by atoms with Gasteiger partial charge in [-0.1, -0.05) is 170 Å². The first-order chi connectivity index (χ1) is 59.1. The number of aliphatic hydroxyl groups is 3. The van der Waals surface area contributed by atoms with Gasteiger partial charge in [0.05, 0.1) is 48.1 Å². The van der Waals surface area contributed by atoms with E-state index in [0.29, 0.717) is 23.1 Å². The number of aryl methyl sites for hydroxylation is 5. The van der Waals surface area contributed by atoms with E-state index in [0.717, 1.165) is 99.9 Å². The zero-order valence-electron chi connectivity index (χ0n) is 75.8. The minimum absolute atomic E-state index is 0. The fourth-order valence-electron chi connectivity index (χ4n) is 14.7. The summed E-state index contributed by atoms with van der Waals surface area (Å²) >= 11 is 5.37. The van der Waals surface area contributed by atoms with Gasteiger partial charge in [-0.25, -0.2) is 15.0 Å². The van der Waals surface area contributed by atoms with E-state index in [2.05, 4.69) is 232 Å². The molecule has 6 aromatic carbocycles. The molecule has 18 rings (SSSR count). The average Bonchev–Trinajstić information content (AvgIpc) is 1.63. The fourth-order valence-corrected chi connectivity index (χ4v) is 17.9. The third-order valence-electron chi connectivity index (χ3n) is 21.0. The van der Waals surface area contributed by atoms with Crippen LogP contribution in [0.1, 0.15) is 174 Å². The predicted molar refractivity (Wildman–Crippen MR) is 518 cm³/mol. The van der Waals surface area contributed by atoms with Crippen LogP contribution in [0.5, 0.6) is 0 Å². The third-order valence-corrected chi connectivity index (χ3v) is 24.4.